The number of nitrogens with zero attached hydrogens (tertiary/aromatic N) is 2. The van der Waals surface area contributed by atoms with Gasteiger partial charge in [-0.2, -0.15) is 0 Å². The fraction of sp³-hybridized carbons (Fsp3) is 0.154. The van der Waals surface area contributed by atoms with Crippen molar-refractivity contribution in [3.8, 4) is 0 Å². The minimum atomic E-state index is 0.799. The lowest BCUT2D eigenvalue weighted by atomic mass is 10.3. The first-order valence-corrected chi connectivity index (χ1v) is 7.29. The summed E-state index contributed by atoms with van der Waals surface area (Å²) < 4.78 is 3.21. The zero-order chi connectivity index (χ0) is 12.5. The maximum Gasteiger partial charge on any atom is 0.203 e. The zero-order valence-electron chi connectivity index (χ0n) is 9.85. The molecular weight excluding hydrogens is 310 g/mol. The summed E-state index contributed by atoms with van der Waals surface area (Å²) in [5, 5.41) is 5.46. The van der Waals surface area contributed by atoms with Crippen LogP contribution in [0, 0.1) is 0 Å². The van der Waals surface area contributed by atoms with Crippen LogP contribution < -0.4 is 5.32 Å². The van der Waals surface area contributed by atoms with Crippen LogP contribution in [0.4, 0.5) is 5.95 Å². The van der Waals surface area contributed by atoms with Crippen molar-refractivity contribution < 1.29 is 0 Å². The highest BCUT2D eigenvalue weighted by molar-refractivity contribution is 9.10. The maximum absolute atomic E-state index is 4.58. The molecule has 0 aliphatic carbocycles. The third-order valence-corrected chi connectivity index (χ3v) is 4.53. The first-order valence-electron chi connectivity index (χ1n) is 5.62. The quantitative estimate of drug-likeness (QED) is 0.790. The number of hydrogen-bond donors (Lipinski definition) is 1. The topological polar surface area (TPSA) is 29.9 Å². The van der Waals surface area contributed by atoms with E-state index in [1.54, 1.807) is 11.3 Å². The molecule has 5 heteroatoms. The van der Waals surface area contributed by atoms with Crippen LogP contribution in [-0.4, -0.2) is 9.55 Å². The van der Waals surface area contributed by atoms with Crippen molar-refractivity contribution in [2.75, 3.05) is 5.32 Å². The molecule has 1 aromatic carbocycles. The number of nitrogens with one attached hydrogen (secondary N) is 1. The molecule has 3 nitrogen and oxygen atoms in total. The van der Waals surface area contributed by atoms with E-state index in [9.17, 15) is 0 Å². The monoisotopic (exact) mass is 321 g/mol. The van der Waals surface area contributed by atoms with Crippen molar-refractivity contribution in [3.63, 3.8) is 0 Å². The number of benzene rings is 1. The Morgan fingerprint density at radius 3 is 2.94 bits per heavy atom. The molecule has 92 valence electrons. The van der Waals surface area contributed by atoms with Gasteiger partial charge in [0.25, 0.3) is 0 Å². The van der Waals surface area contributed by atoms with E-state index in [0.29, 0.717) is 0 Å². The molecule has 3 rings (SSSR count). The summed E-state index contributed by atoms with van der Waals surface area (Å²) in [6.07, 6.45) is 0. The van der Waals surface area contributed by atoms with Crippen molar-refractivity contribution in [1.82, 2.24) is 9.55 Å². The van der Waals surface area contributed by atoms with Gasteiger partial charge < -0.3 is 9.88 Å². The van der Waals surface area contributed by atoms with Gasteiger partial charge in [-0.15, -0.1) is 11.3 Å². The number of fused-ring (bicyclic) bond motifs is 1. The van der Waals surface area contributed by atoms with Gasteiger partial charge in [0.1, 0.15) is 0 Å². The molecule has 0 saturated carbocycles. The molecule has 2 aromatic heterocycles. The molecule has 1 N–H and O–H groups in total. The fourth-order valence-electron chi connectivity index (χ4n) is 1.92. The Balaban J connectivity index is 1.84. The van der Waals surface area contributed by atoms with Gasteiger partial charge in [-0.05, 0) is 34.1 Å². The number of halogens is 1. The molecule has 3 aromatic rings. The molecule has 2 heterocycles. The SMILES string of the molecule is Cn1c(NCc2cc(Br)cs2)nc2ccccc21. The van der Waals surface area contributed by atoms with Crippen molar-refractivity contribution >= 4 is 44.2 Å². The van der Waals surface area contributed by atoms with Crippen molar-refractivity contribution in [2.45, 2.75) is 6.54 Å². The predicted octanol–water partition coefficient (Wildman–Crippen LogP) is 4.01. The second-order valence-corrected chi connectivity index (χ2v) is 5.98. The van der Waals surface area contributed by atoms with Crippen LogP contribution in [-0.2, 0) is 13.6 Å². The van der Waals surface area contributed by atoms with Crippen LogP contribution in [0.5, 0.6) is 0 Å². The molecule has 0 spiro atoms. The van der Waals surface area contributed by atoms with Gasteiger partial charge in [0.15, 0.2) is 0 Å². The number of imidazole rings is 1. The number of aromatic nitrogens is 2. The van der Waals surface area contributed by atoms with Crippen molar-refractivity contribution in [2.24, 2.45) is 7.05 Å². The summed E-state index contributed by atoms with van der Waals surface area (Å²) in [4.78, 5) is 5.86. The van der Waals surface area contributed by atoms with Gasteiger partial charge in [-0.25, -0.2) is 4.98 Å². The molecule has 0 atom stereocenters. The second kappa shape index (κ2) is 4.74. The molecule has 0 radical (unpaired) electrons. The van der Waals surface area contributed by atoms with Crippen LogP contribution in [0.2, 0.25) is 0 Å². The summed E-state index contributed by atoms with van der Waals surface area (Å²) in [6.45, 7) is 0.799. The maximum atomic E-state index is 4.58. The Labute approximate surface area is 118 Å². The number of aryl methyl sites for hydroxylation is 1. The lowest BCUT2D eigenvalue weighted by Gasteiger charge is -2.04. The molecule has 0 bridgehead atoms. The smallest absolute Gasteiger partial charge is 0.203 e. The summed E-state index contributed by atoms with van der Waals surface area (Å²) in [5.41, 5.74) is 2.17. The summed E-state index contributed by atoms with van der Waals surface area (Å²) in [7, 11) is 2.03. The Morgan fingerprint density at radius 1 is 1.39 bits per heavy atom. The van der Waals surface area contributed by atoms with E-state index < -0.39 is 0 Å². The highest BCUT2D eigenvalue weighted by atomic mass is 79.9. The average Bonchev–Trinajstić information content (AvgIpc) is 2.92. The highest BCUT2D eigenvalue weighted by Crippen LogP contribution is 2.22. The fourth-order valence-corrected chi connectivity index (χ4v) is 3.31. The van der Waals surface area contributed by atoms with Crippen molar-refractivity contribution in [1.29, 1.82) is 0 Å². The number of anilines is 1. The Hall–Kier alpha value is -1.33. The summed E-state index contributed by atoms with van der Waals surface area (Å²) >= 11 is 5.20. The minimum absolute atomic E-state index is 0.799. The Morgan fingerprint density at radius 2 is 2.22 bits per heavy atom. The lowest BCUT2D eigenvalue weighted by molar-refractivity contribution is 0.931. The summed E-state index contributed by atoms with van der Waals surface area (Å²) in [5.74, 6) is 0.903. The molecule has 0 aliphatic rings. The third-order valence-electron chi connectivity index (χ3n) is 2.83. The number of para-hydroxylation sites is 2. The predicted molar refractivity (Wildman–Crippen MR) is 80.1 cm³/mol. The molecular formula is C13H12BrN3S. The Kier molecular flexibility index (Phi) is 3.09. The normalized spacial score (nSPS) is 11.0. The van der Waals surface area contributed by atoms with Gasteiger partial charge in [-0.1, -0.05) is 12.1 Å². The van der Waals surface area contributed by atoms with Crippen LogP contribution >= 0.6 is 27.3 Å². The largest absolute Gasteiger partial charge is 0.351 e. The van der Waals surface area contributed by atoms with Gasteiger partial charge in [0, 0.05) is 21.8 Å². The number of thiophene rings is 1. The second-order valence-electron chi connectivity index (χ2n) is 4.07. The van der Waals surface area contributed by atoms with Crippen LogP contribution in [0.15, 0.2) is 40.2 Å². The van der Waals surface area contributed by atoms with E-state index in [4.69, 9.17) is 0 Å². The third kappa shape index (κ3) is 2.15. The van der Waals surface area contributed by atoms with Crippen molar-refractivity contribution in [3.05, 3.63) is 45.1 Å². The zero-order valence-corrected chi connectivity index (χ0v) is 12.3. The molecule has 0 aliphatic heterocycles. The highest BCUT2D eigenvalue weighted by Gasteiger charge is 2.06. The van der Waals surface area contributed by atoms with E-state index in [1.807, 2.05) is 25.2 Å². The molecule has 18 heavy (non-hydrogen) atoms. The molecule has 0 saturated heterocycles. The summed E-state index contributed by atoms with van der Waals surface area (Å²) in [6, 6.07) is 10.3. The van der Waals surface area contributed by atoms with Crippen LogP contribution in [0.25, 0.3) is 11.0 Å². The molecule has 0 unspecified atom stereocenters. The molecule has 0 fully saturated rings. The van der Waals surface area contributed by atoms with Crippen LogP contribution in [0.3, 0.4) is 0 Å². The van der Waals surface area contributed by atoms with Gasteiger partial charge in [0.2, 0.25) is 5.95 Å². The average molecular weight is 322 g/mol. The Bertz CT molecular complexity index is 686. The standard InChI is InChI=1S/C13H12BrN3S/c1-17-12-5-3-2-4-11(12)16-13(17)15-7-10-6-9(14)8-18-10/h2-6,8H,7H2,1H3,(H,15,16). The van der Waals surface area contributed by atoms with Gasteiger partial charge in [-0.3, -0.25) is 0 Å². The lowest BCUT2D eigenvalue weighted by Crippen LogP contribution is -2.03. The van der Waals surface area contributed by atoms with E-state index >= 15 is 0 Å². The van der Waals surface area contributed by atoms with Gasteiger partial charge >= 0.3 is 0 Å². The van der Waals surface area contributed by atoms with E-state index in [2.05, 4.69) is 48.3 Å². The number of rotatable bonds is 3. The molecule has 0 amide bonds. The minimum Gasteiger partial charge on any atom is -0.351 e. The first kappa shape index (κ1) is 11.7. The number of hydrogen-bond acceptors (Lipinski definition) is 3. The van der Waals surface area contributed by atoms with E-state index in [1.165, 1.54) is 4.88 Å². The van der Waals surface area contributed by atoms with E-state index in [0.717, 1.165) is 28.0 Å². The van der Waals surface area contributed by atoms with E-state index in [-0.39, 0.29) is 0 Å². The first-order chi connectivity index (χ1) is 8.74. The van der Waals surface area contributed by atoms with Crippen LogP contribution in [0.1, 0.15) is 4.88 Å². The van der Waals surface area contributed by atoms with Gasteiger partial charge in [0.05, 0.1) is 17.6 Å².